The van der Waals surface area contributed by atoms with Gasteiger partial charge in [0.25, 0.3) is 0 Å². The highest BCUT2D eigenvalue weighted by Crippen LogP contribution is 2.22. The van der Waals surface area contributed by atoms with E-state index >= 15 is 0 Å². The zero-order valence-corrected chi connectivity index (χ0v) is 16.4. The Morgan fingerprint density at radius 3 is 1.64 bits per heavy atom. The molecule has 0 saturated carbocycles. The first-order chi connectivity index (χ1) is 10.2. The molecule has 0 unspecified atom stereocenters. The van der Waals surface area contributed by atoms with Crippen molar-refractivity contribution in [2.24, 2.45) is 10.8 Å². The van der Waals surface area contributed by atoms with Gasteiger partial charge in [0.1, 0.15) is 0 Å². The van der Waals surface area contributed by atoms with Crippen molar-refractivity contribution in [2.75, 3.05) is 39.3 Å². The molecule has 1 aliphatic rings. The van der Waals surface area contributed by atoms with Crippen molar-refractivity contribution in [2.45, 2.75) is 80.1 Å². The van der Waals surface area contributed by atoms with Gasteiger partial charge in [-0.15, -0.1) is 0 Å². The maximum atomic E-state index is 2.67. The van der Waals surface area contributed by atoms with Gasteiger partial charge in [0.05, 0.1) is 0 Å². The van der Waals surface area contributed by atoms with E-state index in [2.05, 4.69) is 51.3 Å². The molecule has 0 bridgehead atoms. The van der Waals surface area contributed by atoms with Crippen molar-refractivity contribution < 1.29 is 0 Å². The molecule has 0 aliphatic carbocycles. The first-order valence-electron chi connectivity index (χ1n) is 9.60. The SMILES string of the molecule is CC(C)(C)CCCCCCCN1CCN(CC(C)(C)C)CC1. The topological polar surface area (TPSA) is 6.48 Å². The lowest BCUT2D eigenvalue weighted by atomic mass is 9.89. The highest BCUT2D eigenvalue weighted by molar-refractivity contribution is 4.76. The van der Waals surface area contributed by atoms with E-state index in [1.165, 1.54) is 77.8 Å². The molecule has 1 fully saturated rings. The summed E-state index contributed by atoms with van der Waals surface area (Å²) in [5, 5.41) is 0. The number of piperazine rings is 1. The molecule has 0 radical (unpaired) electrons. The quantitative estimate of drug-likeness (QED) is 0.580. The van der Waals surface area contributed by atoms with Crippen molar-refractivity contribution in [1.29, 1.82) is 0 Å². The number of unbranched alkanes of at least 4 members (excludes halogenated alkanes) is 4. The van der Waals surface area contributed by atoms with Crippen LogP contribution in [-0.4, -0.2) is 49.1 Å². The summed E-state index contributed by atoms with van der Waals surface area (Å²) in [5.74, 6) is 0. The van der Waals surface area contributed by atoms with Crippen molar-refractivity contribution in [3.8, 4) is 0 Å². The van der Waals surface area contributed by atoms with Gasteiger partial charge in [0.2, 0.25) is 0 Å². The number of nitrogens with zero attached hydrogens (tertiary/aromatic N) is 2. The predicted octanol–water partition coefficient (Wildman–Crippen LogP) is 5.04. The summed E-state index contributed by atoms with van der Waals surface area (Å²) in [4.78, 5) is 5.32. The van der Waals surface area contributed by atoms with Crippen LogP contribution >= 0.6 is 0 Å². The van der Waals surface area contributed by atoms with E-state index in [0.717, 1.165) is 0 Å². The molecular formula is C20H42N2. The van der Waals surface area contributed by atoms with Gasteiger partial charge in [-0.05, 0) is 30.2 Å². The van der Waals surface area contributed by atoms with Crippen LogP contribution in [0.5, 0.6) is 0 Å². The van der Waals surface area contributed by atoms with Crippen LogP contribution < -0.4 is 0 Å². The fourth-order valence-electron chi connectivity index (χ4n) is 3.36. The highest BCUT2D eigenvalue weighted by atomic mass is 15.3. The van der Waals surface area contributed by atoms with E-state index in [0.29, 0.717) is 10.8 Å². The van der Waals surface area contributed by atoms with Crippen LogP contribution in [0.25, 0.3) is 0 Å². The Balaban J connectivity index is 1.97. The Hall–Kier alpha value is -0.0800. The van der Waals surface area contributed by atoms with Crippen LogP contribution in [0.15, 0.2) is 0 Å². The Kier molecular flexibility index (Phi) is 8.42. The Morgan fingerprint density at radius 1 is 0.591 bits per heavy atom. The average molecular weight is 311 g/mol. The molecule has 0 spiro atoms. The molecule has 0 aromatic carbocycles. The molecule has 1 saturated heterocycles. The number of hydrogen-bond donors (Lipinski definition) is 0. The predicted molar refractivity (Wildman–Crippen MR) is 99.5 cm³/mol. The first kappa shape index (κ1) is 20.0. The van der Waals surface area contributed by atoms with Gasteiger partial charge < -0.3 is 9.80 Å². The van der Waals surface area contributed by atoms with Crippen LogP contribution in [0.3, 0.4) is 0 Å². The second kappa shape index (κ2) is 9.27. The fourth-order valence-corrected chi connectivity index (χ4v) is 3.36. The van der Waals surface area contributed by atoms with Gasteiger partial charge in [-0.3, -0.25) is 0 Å². The lowest BCUT2D eigenvalue weighted by Crippen LogP contribution is -2.48. The first-order valence-corrected chi connectivity index (χ1v) is 9.60. The smallest absolute Gasteiger partial charge is 0.0110 e. The van der Waals surface area contributed by atoms with Gasteiger partial charge in [0, 0.05) is 32.7 Å². The van der Waals surface area contributed by atoms with Gasteiger partial charge in [-0.1, -0.05) is 67.2 Å². The van der Waals surface area contributed by atoms with Gasteiger partial charge in [-0.2, -0.15) is 0 Å². The minimum atomic E-state index is 0.440. The molecule has 0 aromatic heterocycles. The van der Waals surface area contributed by atoms with E-state index in [9.17, 15) is 0 Å². The number of rotatable bonds is 8. The highest BCUT2D eigenvalue weighted by Gasteiger charge is 2.21. The molecule has 1 aliphatic heterocycles. The van der Waals surface area contributed by atoms with Crippen LogP contribution in [0.1, 0.15) is 80.1 Å². The third-order valence-electron chi connectivity index (χ3n) is 4.56. The second-order valence-corrected chi connectivity index (χ2v) is 9.76. The molecular weight excluding hydrogens is 268 g/mol. The molecule has 2 nitrogen and oxygen atoms in total. The number of hydrogen-bond acceptors (Lipinski definition) is 2. The summed E-state index contributed by atoms with van der Waals surface area (Å²) in [6.07, 6.45) is 8.47. The summed E-state index contributed by atoms with van der Waals surface area (Å²) in [7, 11) is 0. The van der Waals surface area contributed by atoms with Gasteiger partial charge in [0.15, 0.2) is 0 Å². The Labute approximate surface area is 140 Å². The Morgan fingerprint density at radius 2 is 1.09 bits per heavy atom. The van der Waals surface area contributed by atoms with Crippen molar-refractivity contribution in [1.82, 2.24) is 9.80 Å². The summed E-state index contributed by atoms with van der Waals surface area (Å²) in [6, 6.07) is 0. The van der Waals surface area contributed by atoms with E-state index in [-0.39, 0.29) is 0 Å². The molecule has 2 heteroatoms. The van der Waals surface area contributed by atoms with Gasteiger partial charge in [-0.25, -0.2) is 0 Å². The fraction of sp³-hybridized carbons (Fsp3) is 1.00. The normalized spacial score (nSPS) is 18.8. The molecule has 0 aromatic rings. The largest absolute Gasteiger partial charge is 0.301 e. The standard InChI is InChI=1S/C20H42N2/c1-19(2,3)12-10-8-7-9-11-13-21-14-16-22(17-15-21)18-20(4,5)6/h7-18H2,1-6H3. The summed E-state index contributed by atoms with van der Waals surface area (Å²) in [5.41, 5.74) is 0.960. The molecule has 132 valence electrons. The second-order valence-electron chi connectivity index (χ2n) is 9.76. The summed E-state index contributed by atoms with van der Waals surface area (Å²) in [6.45, 7) is 21.8. The minimum Gasteiger partial charge on any atom is -0.301 e. The summed E-state index contributed by atoms with van der Waals surface area (Å²) < 4.78 is 0. The lowest BCUT2D eigenvalue weighted by molar-refractivity contribution is 0.101. The monoisotopic (exact) mass is 310 g/mol. The molecule has 22 heavy (non-hydrogen) atoms. The third kappa shape index (κ3) is 10.6. The van der Waals surface area contributed by atoms with E-state index in [1.54, 1.807) is 0 Å². The van der Waals surface area contributed by atoms with Crippen molar-refractivity contribution in [3.63, 3.8) is 0 Å². The Bertz CT molecular complexity index is 277. The van der Waals surface area contributed by atoms with Crippen molar-refractivity contribution >= 4 is 0 Å². The van der Waals surface area contributed by atoms with Crippen LogP contribution in [0, 0.1) is 10.8 Å². The zero-order chi connectivity index (χ0) is 16.6. The van der Waals surface area contributed by atoms with E-state index < -0.39 is 0 Å². The van der Waals surface area contributed by atoms with E-state index in [4.69, 9.17) is 0 Å². The van der Waals surface area contributed by atoms with Crippen LogP contribution in [0.2, 0.25) is 0 Å². The molecule has 1 heterocycles. The van der Waals surface area contributed by atoms with Gasteiger partial charge >= 0.3 is 0 Å². The molecule has 1 rings (SSSR count). The molecule has 0 N–H and O–H groups in total. The third-order valence-corrected chi connectivity index (χ3v) is 4.56. The zero-order valence-electron chi connectivity index (χ0n) is 16.4. The lowest BCUT2D eigenvalue weighted by Gasteiger charge is -2.37. The average Bonchev–Trinajstić information content (AvgIpc) is 2.36. The van der Waals surface area contributed by atoms with Crippen LogP contribution in [0.4, 0.5) is 0 Å². The van der Waals surface area contributed by atoms with E-state index in [1.807, 2.05) is 0 Å². The summed E-state index contributed by atoms with van der Waals surface area (Å²) >= 11 is 0. The minimum absolute atomic E-state index is 0.440. The van der Waals surface area contributed by atoms with Crippen LogP contribution in [-0.2, 0) is 0 Å². The maximum absolute atomic E-state index is 2.67. The molecule has 0 atom stereocenters. The van der Waals surface area contributed by atoms with Crippen molar-refractivity contribution in [3.05, 3.63) is 0 Å². The maximum Gasteiger partial charge on any atom is 0.0110 e. The molecule has 0 amide bonds.